The zero-order chi connectivity index (χ0) is 22.1. The van der Waals surface area contributed by atoms with E-state index in [1.807, 2.05) is 61.0 Å². The van der Waals surface area contributed by atoms with Gasteiger partial charge in [0.05, 0.1) is 12.8 Å². The number of amides is 4. The van der Waals surface area contributed by atoms with Crippen molar-refractivity contribution >= 4 is 29.6 Å². The summed E-state index contributed by atoms with van der Waals surface area (Å²) in [7, 11) is 1.59. The third kappa shape index (κ3) is 3.73. The zero-order valence-corrected chi connectivity index (χ0v) is 17.4. The number of carbonyl (C=O) groups excluding carboxylic acids is 3. The average molecular weight is 415 g/mol. The molecule has 1 fully saturated rings. The summed E-state index contributed by atoms with van der Waals surface area (Å²) in [5.74, 6) is -0.669. The summed E-state index contributed by atoms with van der Waals surface area (Å²) in [5, 5.41) is 2.26. The van der Waals surface area contributed by atoms with Crippen molar-refractivity contribution in [3.63, 3.8) is 0 Å². The van der Waals surface area contributed by atoms with Crippen molar-refractivity contribution in [2.24, 2.45) is 0 Å². The molecule has 156 valence electrons. The summed E-state index contributed by atoms with van der Waals surface area (Å²) in [6.07, 6.45) is 3.31. The Morgan fingerprint density at radius 2 is 1.61 bits per heavy atom. The predicted molar refractivity (Wildman–Crippen MR) is 117 cm³/mol. The van der Waals surface area contributed by atoms with E-state index in [-0.39, 0.29) is 5.57 Å². The summed E-state index contributed by atoms with van der Waals surface area (Å²) in [6.45, 7) is 3.84. The number of ether oxygens (including phenoxy) is 1. The molecular formula is C24H21N3O4. The Labute approximate surface area is 179 Å². The van der Waals surface area contributed by atoms with Crippen LogP contribution < -0.4 is 15.0 Å². The van der Waals surface area contributed by atoms with Crippen LogP contribution in [0.1, 0.15) is 16.8 Å². The number of urea groups is 1. The van der Waals surface area contributed by atoms with E-state index in [0.717, 1.165) is 27.5 Å². The fourth-order valence-electron chi connectivity index (χ4n) is 3.39. The Morgan fingerprint density at radius 1 is 0.903 bits per heavy atom. The highest BCUT2D eigenvalue weighted by atomic mass is 16.5. The standard InChI is InChI=1S/C24H21N3O4/c1-15-6-7-19(13-16(15)2)27-23(29)21(22(28)25-24(27)30)14-18-5-4-12-26(18)17-8-10-20(31-3)11-9-17/h4-14H,1-3H3,(H,25,28,30)/b21-14+. The molecule has 1 aliphatic heterocycles. The largest absolute Gasteiger partial charge is 0.497 e. The molecule has 7 nitrogen and oxygen atoms in total. The lowest BCUT2D eigenvalue weighted by Gasteiger charge is -2.27. The number of nitrogens with one attached hydrogen (secondary N) is 1. The molecule has 2 heterocycles. The predicted octanol–water partition coefficient (Wildman–Crippen LogP) is 3.77. The van der Waals surface area contributed by atoms with Gasteiger partial charge in [-0.2, -0.15) is 0 Å². The van der Waals surface area contributed by atoms with E-state index < -0.39 is 17.8 Å². The van der Waals surface area contributed by atoms with Crippen molar-refractivity contribution in [1.29, 1.82) is 0 Å². The van der Waals surface area contributed by atoms with E-state index in [4.69, 9.17) is 4.74 Å². The van der Waals surface area contributed by atoms with Crippen LogP contribution in [-0.2, 0) is 9.59 Å². The number of benzene rings is 2. The second-order valence-corrected chi connectivity index (χ2v) is 7.23. The van der Waals surface area contributed by atoms with Crippen LogP contribution in [0.3, 0.4) is 0 Å². The molecule has 1 aromatic heterocycles. The van der Waals surface area contributed by atoms with E-state index >= 15 is 0 Å². The first-order valence-electron chi connectivity index (χ1n) is 9.69. The minimum atomic E-state index is -0.763. The summed E-state index contributed by atoms with van der Waals surface area (Å²) >= 11 is 0. The number of imide groups is 2. The monoisotopic (exact) mass is 415 g/mol. The fraction of sp³-hybridized carbons (Fsp3) is 0.125. The van der Waals surface area contributed by atoms with Gasteiger partial charge in [0.15, 0.2) is 0 Å². The van der Waals surface area contributed by atoms with Crippen LogP contribution >= 0.6 is 0 Å². The van der Waals surface area contributed by atoms with Crippen molar-refractivity contribution in [3.8, 4) is 11.4 Å². The zero-order valence-electron chi connectivity index (χ0n) is 17.4. The van der Waals surface area contributed by atoms with Crippen LogP contribution in [0.15, 0.2) is 66.4 Å². The molecule has 0 bridgehead atoms. The average Bonchev–Trinajstić information content (AvgIpc) is 3.22. The molecule has 1 aliphatic rings. The van der Waals surface area contributed by atoms with Gasteiger partial charge in [-0.25, -0.2) is 9.69 Å². The van der Waals surface area contributed by atoms with Gasteiger partial charge in [0.2, 0.25) is 0 Å². The van der Waals surface area contributed by atoms with Crippen molar-refractivity contribution in [1.82, 2.24) is 9.88 Å². The summed E-state index contributed by atoms with van der Waals surface area (Å²) < 4.78 is 7.03. The van der Waals surface area contributed by atoms with Gasteiger partial charge in [0.25, 0.3) is 11.8 Å². The lowest BCUT2D eigenvalue weighted by atomic mass is 10.1. The van der Waals surface area contributed by atoms with E-state index in [2.05, 4.69) is 5.32 Å². The Hall–Kier alpha value is -4.13. The smallest absolute Gasteiger partial charge is 0.335 e. The molecule has 0 saturated carbocycles. The Kier molecular flexibility index (Phi) is 5.17. The van der Waals surface area contributed by atoms with Crippen molar-refractivity contribution in [2.75, 3.05) is 12.0 Å². The maximum atomic E-state index is 13.2. The molecular weight excluding hydrogens is 394 g/mol. The van der Waals surface area contributed by atoms with E-state index in [0.29, 0.717) is 11.4 Å². The van der Waals surface area contributed by atoms with Gasteiger partial charge in [-0.05, 0) is 79.6 Å². The van der Waals surface area contributed by atoms with Crippen LogP contribution in [0.2, 0.25) is 0 Å². The molecule has 4 rings (SSSR count). The first kappa shape index (κ1) is 20.2. The lowest BCUT2D eigenvalue weighted by Crippen LogP contribution is -2.54. The molecule has 31 heavy (non-hydrogen) atoms. The second-order valence-electron chi connectivity index (χ2n) is 7.23. The number of rotatable bonds is 4. The molecule has 7 heteroatoms. The van der Waals surface area contributed by atoms with Gasteiger partial charge in [0, 0.05) is 17.6 Å². The van der Waals surface area contributed by atoms with Crippen LogP contribution in [0.25, 0.3) is 11.8 Å². The van der Waals surface area contributed by atoms with E-state index in [1.54, 1.807) is 25.3 Å². The SMILES string of the molecule is COc1ccc(-n2cccc2/C=C2\C(=O)NC(=O)N(c3ccc(C)c(C)c3)C2=O)cc1. The quantitative estimate of drug-likeness (QED) is 0.520. The normalized spacial score (nSPS) is 15.4. The molecule has 3 aromatic rings. The van der Waals surface area contributed by atoms with E-state index in [1.165, 1.54) is 6.08 Å². The minimum absolute atomic E-state index is 0.119. The third-order valence-electron chi connectivity index (χ3n) is 5.27. The van der Waals surface area contributed by atoms with Gasteiger partial charge < -0.3 is 9.30 Å². The number of hydrogen-bond donors (Lipinski definition) is 1. The van der Waals surface area contributed by atoms with Gasteiger partial charge in [-0.15, -0.1) is 0 Å². The van der Waals surface area contributed by atoms with Crippen LogP contribution in [0.4, 0.5) is 10.5 Å². The molecule has 1 N–H and O–H groups in total. The molecule has 0 radical (unpaired) electrons. The molecule has 4 amide bonds. The highest BCUT2D eigenvalue weighted by Crippen LogP contribution is 2.25. The second kappa shape index (κ2) is 7.95. The molecule has 1 saturated heterocycles. The minimum Gasteiger partial charge on any atom is -0.497 e. The third-order valence-corrected chi connectivity index (χ3v) is 5.27. The van der Waals surface area contributed by atoms with Gasteiger partial charge >= 0.3 is 6.03 Å². The van der Waals surface area contributed by atoms with Gasteiger partial charge in [-0.1, -0.05) is 6.07 Å². The number of carbonyl (C=O) groups is 3. The number of anilines is 1. The number of methoxy groups -OCH3 is 1. The maximum Gasteiger partial charge on any atom is 0.335 e. The molecule has 0 aliphatic carbocycles. The maximum absolute atomic E-state index is 13.2. The molecule has 0 unspecified atom stereocenters. The fourth-order valence-corrected chi connectivity index (χ4v) is 3.39. The van der Waals surface area contributed by atoms with Crippen molar-refractivity contribution in [2.45, 2.75) is 13.8 Å². The number of aryl methyl sites for hydroxylation is 2. The summed E-state index contributed by atoms with van der Waals surface area (Å²) in [4.78, 5) is 39.1. The molecule has 0 spiro atoms. The number of barbiturate groups is 1. The Bertz CT molecular complexity index is 1220. The lowest BCUT2D eigenvalue weighted by molar-refractivity contribution is -0.122. The number of aromatic nitrogens is 1. The molecule has 0 atom stereocenters. The highest BCUT2D eigenvalue weighted by Gasteiger charge is 2.37. The van der Waals surface area contributed by atoms with Crippen LogP contribution in [0, 0.1) is 13.8 Å². The summed E-state index contributed by atoms with van der Waals surface area (Å²) in [6, 6.07) is 15.5. The Balaban J connectivity index is 1.73. The Morgan fingerprint density at radius 3 is 2.29 bits per heavy atom. The molecule has 2 aromatic carbocycles. The first-order valence-corrected chi connectivity index (χ1v) is 9.69. The first-order chi connectivity index (χ1) is 14.9. The van der Waals surface area contributed by atoms with Crippen LogP contribution in [-0.4, -0.2) is 29.5 Å². The summed E-state index contributed by atoms with van der Waals surface area (Å²) in [5.41, 5.74) is 3.73. The highest BCUT2D eigenvalue weighted by molar-refractivity contribution is 6.39. The van der Waals surface area contributed by atoms with E-state index in [9.17, 15) is 14.4 Å². The van der Waals surface area contributed by atoms with Gasteiger partial charge in [0.1, 0.15) is 11.3 Å². The number of hydrogen-bond acceptors (Lipinski definition) is 4. The topological polar surface area (TPSA) is 80.6 Å². The van der Waals surface area contributed by atoms with Gasteiger partial charge in [-0.3, -0.25) is 14.9 Å². The van der Waals surface area contributed by atoms with Crippen LogP contribution in [0.5, 0.6) is 5.75 Å². The van der Waals surface area contributed by atoms with Crippen molar-refractivity contribution in [3.05, 3.63) is 83.2 Å². The van der Waals surface area contributed by atoms with Crippen molar-refractivity contribution < 1.29 is 19.1 Å². The number of nitrogens with zero attached hydrogens (tertiary/aromatic N) is 2.